The van der Waals surface area contributed by atoms with Crippen LogP contribution in [0.1, 0.15) is 38.8 Å². The highest BCUT2D eigenvalue weighted by Gasteiger charge is 2.26. The molecule has 0 saturated heterocycles. The molecule has 0 N–H and O–H groups in total. The van der Waals surface area contributed by atoms with Crippen molar-refractivity contribution in [2.24, 2.45) is 0 Å². The molecule has 0 saturated carbocycles. The van der Waals surface area contributed by atoms with Crippen LogP contribution in [0, 0.1) is 0 Å². The van der Waals surface area contributed by atoms with Crippen LogP contribution in [0.2, 0.25) is 0 Å². The first-order chi connectivity index (χ1) is 16.3. The van der Waals surface area contributed by atoms with Crippen LogP contribution in [0.4, 0.5) is 0 Å². The Morgan fingerprint density at radius 2 is 0.971 bits per heavy atom. The van der Waals surface area contributed by atoms with Crippen LogP contribution in [0.5, 0.6) is 0 Å². The molecule has 0 fully saturated rings. The van der Waals surface area contributed by atoms with Crippen molar-refractivity contribution in [3.63, 3.8) is 0 Å². The van der Waals surface area contributed by atoms with Gasteiger partial charge in [-0.05, 0) is 63.1 Å². The fourth-order valence-corrected chi connectivity index (χ4v) is 10.0. The van der Waals surface area contributed by atoms with Gasteiger partial charge in [0.25, 0.3) is 0 Å². The summed E-state index contributed by atoms with van der Waals surface area (Å²) >= 11 is 3.48. The van der Waals surface area contributed by atoms with Crippen LogP contribution in [0.25, 0.3) is 29.6 Å². The minimum Gasteiger partial charge on any atom is -0.309 e. The molecule has 2 heterocycles. The van der Waals surface area contributed by atoms with Gasteiger partial charge in [-0.1, -0.05) is 12.1 Å². The van der Waals surface area contributed by atoms with Gasteiger partial charge in [-0.3, -0.25) is 9.13 Å². The number of thiophene rings is 2. The molecule has 2 aromatic carbocycles. The second-order valence-corrected chi connectivity index (χ2v) is 13.9. The molecule has 0 spiro atoms. The van der Waals surface area contributed by atoms with E-state index in [1.54, 1.807) is 22.7 Å². The maximum absolute atomic E-state index is 13.0. The molecule has 0 atom stereocenters. The summed E-state index contributed by atoms with van der Waals surface area (Å²) in [6, 6.07) is 12.4. The van der Waals surface area contributed by atoms with Crippen molar-refractivity contribution in [1.29, 1.82) is 0 Å². The zero-order valence-electron chi connectivity index (χ0n) is 19.9. The SMILES string of the molecule is CCOP(=O)(Cc1ccc2sc3c4cc(CP(=O)(OCC)OCC)ccc4sc3c2c1)OCC. The van der Waals surface area contributed by atoms with E-state index < -0.39 is 15.2 Å². The maximum atomic E-state index is 13.0. The van der Waals surface area contributed by atoms with Gasteiger partial charge in [-0.25, -0.2) is 0 Å². The van der Waals surface area contributed by atoms with Crippen molar-refractivity contribution >= 4 is 67.4 Å². The third kappa shape index (κ3) is 5.50. The Morgan fingerprint density at radius 3 is 1.29 bits per heavy atom. The van der Waals surface area contributed by atoms with Gasteiger partial charge in [-0.15, -0.1) is 22.7 Å². The smallest absolute Gasteiger partial charge is 0.309 e. The predicted molar refractivity (Wildman–Crippen MR) is 144 cm³/mol. The highest BCUT2D eigenvalue weighted by atomic mass is 32.1. The molecular weight excluding hydrogens is 510 g/mol. The Labute approximate surface area is 208 Å². The molecule has 34 heavy (non-hydrogen) atoms. The van der Waals surface area contributed by atoms with Crippen LogP contribution in [-0.4, -0.2) is 26.4 Å². The monoisotopic (exact) mass is 540 g/mol. The molecule has 0 aliphatic heterocycles. The second-order valence-electron chi connectivity index (χ2n) is 7.73. The Morgan fingerprint density at radius 1 is 0.618 bits per heavy atom. The van der Waals surface area contributed by atoms with E-state index in [9.17, 15) is 9.13 Å². The van der Waals surface area contributed by atoms with Crippen molar-refractivity contribution in [3.05, 3.63) is 47.5 Å². The number of benzene rings is 2. The van der Waals surface area contributed by atoms with Crippen molar-refractivity contribution < 1.29 is 27.2 Å². The average molecular weight is 541 g/mol. The van der Waals surface area contributed by atoms with E-state index in [-0.39, 0.29) is 12.3 Å². The number of hydrogen-bond donors (Lipinski definition) is 0. The van der Waals surface area contributed by atoms with Gasteiger partial charge in [-0.2, -0.15) is 0 Å². The number of fused-ring (bicyclic) bond motifs is 5. The highest BCUT2D eigenvalue weighted by Crippen LogP contribution is 2.53. The summed E-state index contributed by atoms with van der Waals surface area (Å²) in [6.45, 7) is 8.69. The quantitative estimate of drug-likeness (QED) is 0.167. The molecular formula is C24H30O6P2S2. The topological polar surface area (TPSA) is 71.1 Å². The molecule has 0 bridgehead atoms. The van der Waals surface area contributed by atoms with E-state index in [4.69, 9.17) is 18.1 Å². The van der Waals surface area contributed by atoms with E-state index in [0.717, 1.165) is 21.9 Å². The van der Waals surface area contributed by atoms with Gasteiger partial charge in [0.05, 0.1) is 48.2 Å². The van der Waals surface area contributed by atoms with E-state index in [2.05, 4.69) is 24.3 Å². The Bertz CT molecular complexity index is 1270. The lowest BCUT2D eigenvalue weighted by Gasteiger charge is -2.17. The molecule has 0 aliphatic carbocycles. The second kappa shape index (κ2) is 10.9. The maximum Gasteiger partial charge on any atom is 0.335 e. The molecule has 2 aromatic heterocycles. The minimum absolute atomic E-state index is 0.251. The molecule has 4 aromatic rings. The lowest BCUT2D eigenvalue weighted by molar-refractivity contribution is 0.218. The average Bonchev–Trinajstić information content (AvgIpc) is 3.30. The first kappa shape index (κ1) is 26.0. The summed E-state index contributed by atoms with van der Waals surface area (Å²) < 4.78 is 52.7. The van der Waals surface area contributed by atoms with Gasteiger partial charge in [0.15, 0.2) is 0 Å². The van der Waals surface area contributed by atoms with Crippen molar-refractivity contribution in [2.75, 3.05) is 26.4 Å². The van der Waals surface area contributed by atoms with Crippen LogP contribution in [-0.2, 0) is 39.5 Å². The van der Waals surface area contributed by atoms with Crippen LogP contribution in [0.3, 0.4) is 0 Å². The van der Waals surface area contributed by atoms with E-state index in [0.29, 0.717) is 26.4 Å². The van der Waals surface area contributed by atoms with Crippen LogP contribution in [0.15, 0.2) is 36.4 Å². The van der Waals surface area contributed by atoms with E-state index in [1.807, 2.05) is 39.8 Å². The summed E-state index contributed by atoms with van der Waals surface area (Å²) in [7, 11) is -6.34. The largest absolute Gasteiger partial charge is 0.335 e. The molecule has 0 aliphatic rings. The van der Waals surface area contributed by atoms with Gasteiger partial charge < -0.3 is 18.1 Å². The first-order valence-electron chi connectivity index (χ1n) is 11.5. The third-order valence-electron chi connectivity index (χ3n) is 5.26. The van der Waals surface area contributed by atoms with Gasteiger partial charge >= 0.3 is 15.2 Å². The molecule has 6 nitrogen and oxygen atoms in total. The number of hydrogen-bond acceptors (Lipinski definition) is 8. The summed E-state index contributed by atoms with van der Waals surface area (Å²) in [5, 5.41) is 2.29. The van der Waals surface area contributed by atoms with Crippen molar-refractivity contribution in [2.45, 2.75) is 40.0 Å². The summed E-state index contributed by atoms with van der Waals surface area (Å²) in [5.41, 5.74) is 1.87. The molecule has 10 heteroatoms. The summed E-state index contributed by atoms with van der Waals surface area (Å²) in [6.07, 6.45) is 0.502. The minimum atomic E-state index is -3.17. The van der Waals surface area contributed by atoms with Crippen molar-refractivity contribution in [1.82, 2.24) is 0 Å². The van der Waals surface area contributed by atoms with Crippen LogP contribution < -0.4 is 0 Å². The van der Waals surface area contributed by atoms with Gasteiger partial charge in [0.1, 0.15) is 0 Å². The van der Waals surface area contributed by atoms with Gasteiger partial charge in [0, 0.05) is 20.2 Å². The highest BCUT2D eigenvalue weighted by molar-refractivity contribution is 7.53. The Kier molecular flexibility index (Phi) is 8.33. The summed E-state index contributed by atoms with van der Waals surface area (Å²) in [5.74, 6) is 0. The fraction of sp³-hybridized carbons (Fsp3) is 0.417. The molecule has 0 radical (unpaired) electrons. The van der Waals surface area contributed by atoms with Crippen molar-refractivity contribution in [3.8, 4) is 0 Å². The van der Waals surface area contributed by atoms with E-state index in [1.165, 1.54) is 18.8 Å². The Hall–Kier alpha value is -1.08. The molecule has 0 amide bonds. The first-order valence-corrected chi connectivity index (χ1v) is 16.5. The number of rotatable bonds is 12. The van der Waals surface area contributed by atoms with E-state index >= 15 is 0 Å². The molecule has 184 valence electrons. The lowest BCUT2D eigenvalue weighted by atomic mass is 10.1. The predicted octanol–water partition coefficient (Wildman–Crippen LogP) is 8.80. The summed E-state index contributed by atoms with van der Waals surface area (Å²) in [4.78, 5) is 0. The third-order valence-corrected chi connectivity index (χ3v) is 11.9. The van der Waals surface area contributed by atoms with Crippen LogP contribution >= 0.6 is 37.9 Å². The normalized spacial score (nSPS) is 12.9. The fourth-order valence-electron chi connectivity index (χ4n) is 4.04. The molecule has 0 unspecified atom stereocenters. The lowest BCUT2D eigenvalue weighted by Crippen LogP contribution is -1.98. The standard InChI is InChI=1S/C24H30O6P2S2/c1-5-27-31(25,28-6-2)15-17-9-11-21-19(13-17)23-24(33-21)20-14-18(10-12-22(20)34-23)16-32(26,29-7-3)30-8-4/h9-14H,5-8,15-16H2,1-4H3. The van der Waals surface area contributed by atoms with Gasteiger partial charge in [0.2, 0.25) is 0 Å². The molecule has 4 rings (SSSR count). The Balaban J connectivity index is 1.72. The zero-order valence-corrected chi connectivity index (χ0v) is 23.3. The zero-order chi connectivity index (χ0) is 24.3.